The number of hydrogen-bond donors (Lipinski definition) is 1. The van der Waals surface area contributed by atoms with E-state index in [1.165, 1.54) is 5.56 Å². The Kier molecular flexibility index (Phi) is 3.17. The van der Waals surface area contributed by atoms with E-state index in [9.17, 15) is 0 Å². The molecule has 2 aromatic rings. The largest absolute Gasteiger partial charge is 0.299 e. The molecule has 1 atom stereocenters. The lowest BCUT2D eigenvalue weighted by Crippen LogP contribution is -2.33. The summed E-state index contributed by atoms with van der Waals surface area (Å²) in [5.41, 5.74) is 5.68. The second-order valence-corrected chi connectivity index (χ2v) is 4.72. The SMILES string of the molecule is Clc1ccccc1N1NCCC1c1ccncc1. The van der Waals surface area contributed by atoms with Gasteiger partial charge in [0.1, 0.15) is 0 Å². The molecule has 1 saturated heterocycles. The fraction of sp³-hybridized carbons (Fsp3) is 0.214. The highest BCUT2D eigenvalue weighted by molar-refractivity contribution is 6.33. The second-order valence-electron chi connectivity index (χ2n) is 4.31. The number of benzene rings is 1. The summed E-state index contributed by atoms with van der Waals surface area (Å²) >= 11 is 6.26. The Hall–Kier alpha value is -1.58. The molecule has 1 aliphatic rings. The van der Waals surface area contributed by atoms with Crippen LogP contribution in [-0.4, -0.2) is 11.5 Å². The number of rotatable bonds is 2. The average molecular weight is 260 g/mol. The van der Waals surface area contributed by atoms with Gasteiger partial charge < -0.3 is 0 Å². The Bertz CT molecular complexity index is 530. The van der Waals surface area contributed by atoms with Gasteiger partial charge in [0.25, 0.3) is 0 Å². The normalized spacial score (nSPS) is 19.2. The lowest BCUT2D eigenvalue weighted by atomic mass is 10.1. The molecule has 18 heavy (non-hydrogen) atoms. The summed E-state index contributed by atoms with van der Waals surface area (Å²) in [5, 5.41) is 2.92. The monoisotopic (exact) mass is 259 g/mol. The number of hydrogen-bond acceptors (Lipinski definition) is 3. The van der Waals surface area contributed by atoms with Crippen LogP contribution in [0.3, 0.4) is 0 Å². The van der Waals surface area contributed by atoms with Gasteiger partial charge in [0.15, 0.2) is 0 Å². The van der Waals surface area contributed by atoms with Crippen LogP contribution in [0.25, 0.3) is 0 Å². The molecule has 1 N–H and O–H groups in total. The predicted octanol–water partition coefficient (Wildman–Crippen LogP) is 3.19. The average Bonchev–Trinajstić information content (AvgIpc) is 2.89. The highest BCUT2D eigenvalue weighted by Gasteiger charge is 2.27. The summed E-state index contributed by atoms with van der Waals surface area (Å²) in [6, 6.07) is 12.3. The van der Waals surface area contributed by atoms with Crippen LogP contribution in [0.1, 0.15) is 18.0 Å². The van der Waals surface area contributed by atoms with Gasteiger partial charge in [-0.25, -0.2) is 5.43 Å². The van der Waals surface area contributed by atoms with Crippen molar-refractivity contribution in [3.8, 4) is 0 Å². The number of nitrogens with one attached hydrogen (secondary N) is 1. The summed E-state index contributed by atoms with van der Waals surface area (Å²) in [4.78, 5) is 4.07. The van der Waals surface area contributed by atoms with Crippen LogP contribution >= 0.6 is 11.6 Å². The van der Waals surface area contributed by atoms with Crippen molar-refractivity contribution in [2.75, 3.05) is 11.6 Å². The molecule has 1 aromatic heterocycles. The van der Waals surface area contributed by atoms with Crippen LogP contribution in [0.15, 0.2) is 48.8 Å². The summed E-state index contributed by atoms with van der Waals surface area (Å²) < 4.78 is 0. The van der Waals surface area contributed by atoms with Gasteiger partial charge in [-0.3, -0.25) is 9.99 Å². The molecular formula is C14H14ClN3. The Morgan fingerprint density at radius 1 is 1.17 bits per heavy atom. The van der Waals surface area contributed by atoms with Crippen LogP contribution in [0, 0.1) is 0 Å². The molecule has 0 bridgehead atoms. The number of para-hydroxylation sites is 1. The van der Waals surface area contributed by atoms with Crippen molar-refractivity contribution < 1.29 is 0 Å². The molecule has 1 aromatic carbocycles. The maximum Gasteiger partial charge on any atom is 0.0718 e. The molecule has 4 heteroatoms. The number of hydrazine groups is 1. The van der Waals surface area contributed by atoms with Crippen molar-refractivity contribution in [3.05, 3.63) is 59.4 Å². The first-order valence-electron chi connectivity index (χ1n) is 6.03. The molecule has 0 radical (unpaired) electrons. The van der Waals surface area contributed by atoms with E-state index in [4.69, 9.17) is 11.6 Å². The number of nitrogens with zero attached hydrogens (tertiary/aromatic N) is 2. The van der Waals surface area contributed by atoms with E-state index >= 15 is 0 Å². The smallest absolute Gasteiger partial charge is 0.0718 e. The third-order valence-electron chi connectivity index (χ3n) is 3.21. The maximum atomic E-state index is 6.26. The fourth-order valence-electron chi connectivity index (χ4n) is 2.36. The standard InChI is InChI=1S/C14H14ClN3/c15-12-3-1-2-4-14(12)18-13(7-10-17-18)11-5-8-16-9-6-11/h1-6,8-9,13,17H,7,10H2. The molecule has 0 amide bonds. The van der Waals surface area contributed by atoms with Crippen LogP contribution in [0.4, 0.5) is 5.69 Å². The Labute approximate surface area is 111 Å². The molecular weight excluding hydrogens is 246 g/mol. The van der Waals surface area contributed by atoms with Gasteiger partial charge in [-0.1, -0.05) is 23.7 Å². The van der Waals surface area contributed by atoms with Gasteiger partial charge in [-0.2, -0.15) is 0 Å². The van der Waals surface area contributed by atoms with E-state index in [2.05, 4.69) is 27.6 Å². The van der Waals surface area contributed by atoms with Gasteiger partial charge in [-0.15, -0.1) is 0 Å². The minimum Gasteiger partial charge on any atom is -0.299 e. The minimum atomic E-state index is 0.313. The van der Waals surface area contributed by atoms with Crippen molar-refractivity contribution >= 4 is 17.3 Å². The zero-order chi connectivity index (χ0) is 12.4. The Balaban J connectivity index is 1.95. The number of pyridine rings is 1. The molecule has 0 saturated carbocycles. The molecule has 3 rings (SSSR count). The summed E-state index contributed by atoms with van der Waals surface area (Å²) in [6.45, 7) is 0.957. The summed E-state index contributed by atoms with van der Waals surface area (Å²) in [6.07, 6.45) is 4.73. The lowest BCUT2D eigenvalue weighted by Gasteiger charge is -2.27. The number of aromatic nitrogens is 1. The Morgan fingerprint density at radius 3 is 2.72 bits per heavy atom. The topological polar surface area (TPSA) is 28.2 Å². The molecule has 2 heterocycles. The molecule has 0 spiro atoms. The first-order valence-corrected chi connectivity index (χ1v) is 6.41. The van der Waals surface area contributed by atoms with Gasteiger partial charge in [0.05, 0.1) is 16.8 Å². The number of halogens is 1. The van der Waals surface area contributed by atoms with Crippen molar-refractivity contribution in [2.45, 2.75) is 12.5 Å². The first-order chi connectivity index (χ1) is 8.86. The molecule has 92 valence electrons. The fourth-order valence-corrected chi connectivity index (χ4v) is 2.59. The zero-order valence-corrected chi connectivity index (χ0v) is 10.6. The third kappa shape index (κ3) is 2.07. The highest BCUT2D eigenvalue weighted by atomic mass is 35.5. The van der Waals surface area contributed by atoms with Gasteiger partial charge >= 0.3 is 0 Å². The zero-order valence-electron chi connectivity index (χ0n) is 9.88. The summed E-state index contributed by atoms with van der Waals surface area (Å²) in [7, 11) is 0. The Morgan fingerprint density at radius 2 is 1.94 bits per heavy atom. The molecule has 0 aliphatic carbocycles. The van der Waals surface area contributed by atoms with E-state index in [0.29, 0.717) is 6.04 Å². The van der Waals surface area contributed by atoms with Crippen LogP contribution in [-0.2, 0) is 0 Å². The van der Waals surface area contributed by atoms with Crippen LogP contribution in [0.2, 0.25) is 5.02 Å². The lowest BCUT2D eigenvalue weighted by molar-refractivity contribution is 0.683. The quantitative estimate of drug-likeness (QED) is 0.898. The van der Waals surface area contributed by atoms with Crippen LogP contribution in [0.5, 0.6) is 0 Å². The van der Waals surface area contributed by atoms with Crippen molar-refractivity contribution in [1.82, 2.24) is 10.4 Å². The predicted molar refractivity (Wildman–Crippen MR) is 73.5 cm³/mol. The van der Waals surface area contributed by atoms with E-state index in [0.717, 1.165) is 23.7 Å². The van der Waals surface area contributed by atoms with Crippen molar-refractivity contribution in [3.63, 3.8) is 0 Å². The van der Waals surface area contributed by atoms with Crippen molar-refractivity contribution in [2.24, 2.45) is 0 Å². The molecule has 1 aliphatic heterocycles. The van der Waals surface area contributed by atoms with Crippen LogP contribution < -0.4 is 10.4 Å². The molecule has 3 nitrogen and oxygen atoms in total. The highest BCUT2D eigenvalue weighted by Crippen LogP contribution is 2.35. The second kappa shape index (κ2) is 4.96. The maximum absolute atomic E-state index is 6.26. The van der Waals surface area contributed by atoms with E-state index < -0.39 is 0 Å². The minimum absolute atomic E-state index is 0.313. The summed E-state index contributed by atoms with van der Waals surface area (Å²) in [5.74, 6) is 0. The van der Waals surface area contributed by atoms with E-state index in [1.807, 2.05) is 36.7 Å². The van der Waals surface area contributed by atoms with E-state index in [-0.39, 0.29) is 0 Å². The van der Waals surface area contributed by atoms with Gasteiger partial charge in [0, 0.05) is 18.9 Å². The number of anilines is 1. The van der Waals surface area contributed by atoms with Gasteiger partial charge in [-0.05, 0) is 36.2 Å². The first kappa shape index (κ1) is 11.5. The third-order valence-corrected chi connectivity index (χ3v) is 3.53. The van der Waals surface area contributed by atoms with Gasteiger partial charge in [0.2, 0.25) is 0 Å². The van der Waals surface area contributed by atoms with Crippen molar-refractivity contribution in [1.29, 1.82) is 0 Å². The molecule has 1 fully saturated rings. The molecule has 1 unspecified atom stereocenters. The van der Waals surface area contributed by atoms with E-state index in [1.54, 1.807) is 0 Å².